The van der Waals surface area contributed by atoms with E-state index >= 15 is 0 Å². The van der Waals surface area contributed by atoms with Gasteiger partial charge in [0.1, 0.15) is 24.0 Å². The average Bonchev–Trinajstić information content (AvgIpc) is 3.02. The molecule has 3 aromatic rings. The fourth-order valence-electron chi connectivity index (χ4n) is 3.21. The highest BCUT2D eigenvalue weighted by atomic mass is 19.1. The number of carbonyl (C=O) groups is 1. The summed E-state index contributed by atoms with van der Waals surface area (Å²) in [6, 6.07) is 14.1. The Balaban J connectivity index is 1.51. The summed E-state index contributed by atoms with van der Waals surface area (Å²) in [6.07, 6.45) is 2.18. The Hall–Kier alpha value is -3.15. The first-order valence-electron chi connectivity index (χ1n) is 8.40. The van der Waals surface area contributed by atoms with Crippen LogP contribution >= 0.6 is 0 Å². The Kier molecular flexibility index (Phi) is 4.16. The molecule has 0 fully saturated rings. The molecular formula is C20H18FN3O2. The van der Waals surface area contributed by atoms with Crippen LogP contribution in [-0.2, 0) is 18.4 Å². The van der Waals surface area contributed by atoms with E-state index in [-0.39, 0.29) is 24.2 Å². The molecule has 0 aliphatic carbocycles. The molecule has 1 aromatic heterocycles. The maximum atomic E-state index is 13.7. The zero-order chi connectivity index (χ0) is 18.1. The van der Waals surface area contributed by atoms with Gasteiger partial charge in [0, 0.05) is 30.5 Å². The van der Waals surface area contributed by atoms with E-state index in [0.717, 1.165) is 16.9 Å². The van der Waals surface area contributed by atoms with Crippen molar-refractivity contribution < 1.29 is 13.9 Å². The Labute approximate surface area is 150 Å². The Morgan fingerprint density at radius 1 is 1.23 bits per heavy atom. The third-order valence-corrected chi connectivity index (χ3v) is 4.62. The first kappa shape index (κ1) is 16.3. The minimum Gasteiger partial charge on any atom is -0.489 e. The Morgan fingerprint density at radius 3 is 2.77 bits per heavy atom. The predicted octanol–water partition coefficient (Wildman–Crippen LogP) is 3.61. The molecule has 26 heavy (non-hydrogen) atoms. The number of benzene rings is 2. The predicted molar refractivity (Wildman–Crippen MR) is 95.5 cm³/mol. The second-order valence-electron chi connectivity index (χ2n) is 6.33. The van der Waals surface area contributed by atoms with E-state index in [4.69, 9.17) is 4.74 Å². The molecule has 132 valence electrons. The van der Waals surface area contributed by atoms with Crippen LogP contribution in [0.5, 0.6) is 5.75 Å². The van der Waals surface area contributed by atoms with E-state index in [1.807, 2.05) is 24.3 Å². The van der Waals surface area contributed by atoms with Crippen molar-refractivity contribution in [1.29, 1.82) is 0 Å². The van der Waals surface area contributed by atoms with Gasteiger partial charge >= 0.3 is 0 Å². The summed E-state index contributed by atoms with van der Waals surface area (Å²) < 4.78 is 21.0. The highest BCUT2D eigenvalue weighted by molar-refractivity contribution is 5.94. The van der Waals surface area contributed by atoms with Crippen molar-refractivity contribution in [3.8, 4) is 5.75 Å². The first-order chi connectivity index (χ1) is 12.6. The molecule has 1 aliphatic rings. The van der Waals surface area contributed by atoms with Crippen LogP contribution in [-0.4, -0.2) is 15.7 Å². The number of fused-ring (bicyclic) bond motifs is 1. The average molecular weight is 351 g/mol. The van der Waals surface area contributed by atoms with E-state index < -0.39 is 0 Å². The van der Waals surface area contributed by atoms with Gasteiger partial charge in [0.15, 0.2) is 0 Å². The molecule has 0 saturated heterocycles. The lowest BCUT2D eigenvalue weighted by Crippen LogP contribution is -2.24. The molecule has 0 unspecified atom stereocenters. The molecule has 2 heterocycles. The molecule has 0 spiro atoms. The molecule has 0 radical (unpaired) electrons. The van der Waals surface area contributed by atoms with Crippen molar-refractivity contribution in [1.82, 2.24) is 9.78 Å². The van der Waals surface area contributed by atoms with Gasteiger partial charge in [-0.15, -0.1) is 0 Å². The van der Waals surface area contributed by atoms with Gasteiger partial charge in [-0.25, -0.2) is 4.39 Å². The summed E-state index contributed by atoms with van der Waals surface area (Å²) >= 11 is 0. The molecule has 1 aliphatic heterocycles. The number of rotatable bonds is 4. The third kappa shape index (κ3) is 3.06. The van der Waals surface area contributed by atoms with Crippen molar-refractivity contribution in [2.24, 2.45) is 7.05 Å². The van der Waals surface area contributed by atoms with Crippen molar-refractivity contribution in [3.05, 3.63) is 77.2 Å². The normalized spacial score (nSPS) is 16.1. The van der Waals surface area contributed by atoms with Gasteiger partial charge in [-0.1, -0.05) is 30.3 Å². The summed E-state index contributed by atoms with van der Waals surface area (Å²) in [5, 5.41) is 7.10. The quantitative estimate of drug-likeness (QED) is 0.781. The molecule has 0 bridgehead atoms. The number of nitrogens with one attached hydrogen (secondary N) is 1. The van der Waals surface area contributed by atoms with Crippen LogP contribution in [0.4, 0.5) is 10.2 Å². The SMILES string of the molecule is Cn1ncc2c1NC(=O)C[C@H]2c1ccc(OCc2ccccc2F)cc1. The van der Waals surface area contributed by atoms with Crippen LogP contribution in [0, 0.1) is 5.82 Å². The van der Waals surface area contributed by atoms with Gasteiger partial charge in [0.25, 0.3) is 0 Å². The van der Waals surface area contributed by atoms with Gasteiger partial charge in [0.2, 0.25) is 5.91 Å². The zero-order valence-electron chi connectivity index (χ0n) is 14.3. The highest BCUT2D eigenvalue weighted by Gasteiger charge is 2.29. The number of carbonyl (C=O) groups excluding carboxylic acids is 1. The topological polar surface area (TPSA) is 56.2 Å². The first-order valence-corrected chi connectivity index (χ1v) is 8.40. The van der Waals surface area contributed by atoms with Crippen molar-refractivity contribution in [2.45, 2.75) is 18.9 Å². The van der Waals surface area contributed by atoms with Crippen LogP contribution in [0.2, 0.25) is 0 Å². The molecule has 5 nitrogen and oxygen atoms in total. The van der Waals surface area contributed by atoms with Crippen molar-refractivity contribution in [2.75, 3.05) is 5.32 Å². The van der Waals surface area contributed by atoms with E-state index in [9.17, 15) is 9.18 Å². The second-order valence-corrected chi connectivity index (χ2v) is 6.33. The van der Waals surface area contributed by atoms with Crippen molar-refractivity contribution in [3.63, 3.8) is 0 Å². The van der Waals surface area contributed by atoms with Gasteiger partial charge in [-0.2, -0.15) is 5.10 Å². The van der Waals surface area contributed by atoms with Crippen LogP contribution in [0.15, 0.2) is 54.7 Å². The fourth-order valence-corrected chi connectivity index (χ4v) is 3.21. The van der Waals surface area contributed by atoms with Gasteiger partial charge in [-0.05, 0) is 23.8 Å². The monoisotopic (exact) mass is 351 g/mol. The number of halogens is 1. The molecule has 1 atom stereocenters. The maximum Gasteiger partial charge on any atom is 0.226 e. The van der Waals surface area contributed by atoms with E-state index in [1.54, 1.807) is 36.1 Å². The minimum atomic E-state index is -0.276. The van der Waals surface area contributed by atoms with Crippen molar-refractivity contribution >= 4 is 11.7 Å². The van der Waals surface area contributed by atoms with Crippen LogP contribution in [0.25, 0.3) is 0 Å². The summed E-state index contributed by atoms with van der Waals surface area (Å²) in [7, 11) is 1.81. The lowest BCUT2D eigenvalue weighted by Gasteiger charge is -2.23. The summed E-state index contributed by atoms with van der Waals surface area (Å²) in [4.78, 5) is 12.0. The van der Waals surface area contributed by atoms with Gasteiger partial charge < -0.3 is 10.1 Å². The number of hydrogen-bond acceptors (Lipinski definition) is 3. The fraction of sp³-hybridized carbons (Fsp3) is 0.200. The summed E-state index contributed by atoms with van der Waals surface area (Å²) in [5.74, 6) is 1.07. The number of aromatic nitrogens is 2. The van der Waals surface area contributed by atoms with E-state index in [2.05, 4.69) is 10.4 Å². The smallest absolute Gasteiger partial charge is 0.226 e. The Morgan fingerprint density at radius 2 is 2.00 bits per heavy atom. The van der Waals surface area contributed by atoms with Gasteiger partial charge in [0.05, 0.1) is 6.20 Å². The summed E-state index contributed by atoms with van der Waals surface area (Å²) in [6.45, 7) is 0.171. The molecule has 2 aromatic carbocycles. The van der Waals surface area contributed by atoms with Crippen LogP contribution < -0.4 is 10.1 Å². The molecule has 1 N–H and O–H groups in total. The van der Waals surface area contributed by atoms with E-state index in [1.165, 1.54) is 6.07 Å². The third-order valence-electron chi connectivity index (χ3n) is 4.62. The zero-order valence-corrected chi connectivity index (χ0v) is 14.3. The number of ether oxygens (including phenoxy) is 1. The second kappa shape index (κ2) is 6.63. The molecular weight excluding hydrogens is 333 g/mol. The number of hydrogen-bond donors (Lipinski definition) is 1. The molecule has 1 amide bonds. The number of amides is 1. The number of nitrogens with zero attached hydrogens (tertiary/aromatic N) is 2. The molecule has 4 rings (SSSR count). The minimum absolute atomic E-state index is 0.0222. The largest absolute Gasteiger partial charge is 0.489 e. The van der Waals surface area contributed by atoms with Crippen LogP contribution in [0.1, 0.15) is 29.0 Å². The summed E-state index contributed by atoms with van der Waals surface area (Å²) in [5.41, 5.74) is 2.54. The molecule has 6 heteroatoms. The van der Waals surface area contributed by atoms with Gasteiger partial charge in [-0.3, -0.25) is 9.48 Å². The lowest BCUT2D eigenvalue weighted by atomic mass is 9.87. The standard InChI is InChI=1S/C20H18FN3O2/c1-24-20-17(11-22-24)16(10-19(25)23-20)13-6-8-15(9-7-13)26-12-14-4-2-3-5-18(14)21/h2-9,11,16H,10,12H2,1H3,(H,23,25)/t16-/m0/s1. The maximum absolute atomic E-state index is 13.7. The Bertz CT molecular complexity index is 950. The lowest BCUT2D eigenvalue weighted by molar-refractivity contribution is -0.116. The molecule has 0 saturated carbocycles. The van der Waals surface area contributed by atoms with Crippen LogP contribution in [0.3, 0.4) is 0 Å². The number of anilines is 1. The highest BCUT2D eigenvalue weighted by Crippen LogP contribution is 2.37. The van der Waals surface area contributed by atoms with E-state index in [0.29, 0.717) is 17.7 Å². The number of aryl methyl sites for hydroxylation is 1.